The molecule has 1 amide bonds. The molecule has 0 unspecified atom stereocenters. The molecular formula is C18H25ClN2O2. The van der Waals surface area contributed by atoms with E-state index < -0.39 is 0 Å². The molecule has 3 rings (SSSR count). The summed E-state index contributed by atoms with van der Waals surface area (Å²) in [6, 6.07) is 7.97. The summed E-state index contributed by atoms with van der Waals surface area (Å²) in [5.41, 5.74) is 1.25. The molecule has 1 N–H and O–H groups in total. The topological polar surface area (TPSA) is 41.6 Å². The van der Waals surface area contributed by atoms with E-state index in [1.807, 2.05) is 12.1 Å². The van der Waals surface area contributed by atoms with Crippen molar-refractivity contribution in [3.8, 4) is 0 Å². The maximum atomic E-state index is 12.4. The Morgan fingerprint density at radius 1 is 1.35 bits per heavy atom. The second kappa shape index (κ2) is 7.20. The maximum absolute atomic E-state index is 12.4. The van der Waals surface area contributed by atoms with Crippen molar-refractivity contribution in [2.75, 3.05) is 19.6 Å². The zero-order valence-electron chi connectivity index (χ0n) is 13.8. The van der Waals surface area contributed by atoms with E-state index in [0.29, 0.717) is 5.92 Å². The van der Waals surface area contributed by atoms with Crippen molar-refractivity contribution in [2.24, 2.45) is 11.8 Å². The first kappa shape index (κ1) is 16.7. The van der Waals surface area contributed by atoms with E-state index in [1.165, 1.54) is 5.56 Å². The third-order valence-electron chi connectivity index (χ3n) is 4.57. The average molecular weight is 337 g/mol. The van der Waals surface area contributed by atoms with Gasteiger partial charge in [0, 0.05) is 31.2 Å². The molecule has 23 heavy (non-hydrogen) atoms. The predicted octanol–water partition coefficient (Wildman–Crippen LogP) is 2.70. The Morgan fingerprint density at radius 2 is 2.09 bits per heavy atom. The number of morpholine rings is 1. The van der Waals surface area contributed by atoms with Crippen LogP contribution < -0.4 is 5.32 Å². The van der Waals surface area contributed by atoms with E-state index in [0.717, 1.165) is 37.6 Å². The summed E-state index contributed by atoms with van der Waals surface area (Å²) in [6.07, 6.45) is 1.04. The van der Waals surface area contributed by atoms with E-state index in [1.54, 1.807) is 0 Å². The predicted molar refractivity (Wildman–Crippen MR) is 91.3 cm³/mol. The van der Waals surface area contributed by atoms with Crippen LogP contribution in [0, 0.1) is 11.8 Å². The van der Waals surface area contributed by atoms with Gasteiger partial charge in [-0.2, -0.15) is 0 Å². The minimum atomic E-state index is -0.00559. The van der Waals surface area contributed by atoms with Gasteiger partial charge in [-0.25, -0.2) is 0 Å². The summed E-state index contributed by atoms with van der Waals surface area (Å²) >= 11 is 5.94. The summed E-state index contributed by atoms with van der Waals surface area (Å²) < 4.78 is 6.00. The number of likely N-dealkylation sites (tertiary alicyclic amines) is 1. The molecule has 2 aliphatic rings. The zero-order chi connectivity index (χ0) is 16.4. The smallest absolute Gasteiger partial charge is 0.225 e. The third-order valence-corrected chi connectivity index (χ3v) is 4.83. The Bertz CT molecular complexity index is 546. The van der Waals surface area contributed by atoms with Gasteiger partial charge >= 0.3 is 0 Å². The Labute approximate surface area is 143 Å². The van der Waals surface area contributed by atoms with Crippen LogP contribution in [-0.4, -0.2) is 42.6 Å². The zero-order valence-corrected chi connectivity index (χ0v) is 14.6. The highest BCUT2D eigenvalue weighted by Crippen LogP contribution is 2.32. The number of amides is 1. The molecule has 2 fully saturated rings. The first-order valence-corrected chi connectivity index (χ1v) is 8.79. The lowest BCUT2D eigenvalue weighted by Crippen LogP contribution is -2.45. The van der Waals surface area contributed by atoms with Crippen LogP contribution in [0.1, 0.15) is 25.8 Å². The van der Waals surface area contributed by atoms with Gasteiger partial charge in [0.1, 0.15) is 0 Å². The number of halogens is 1. The molecule has 2 aliphatic heterocycles. The molecule has 4 nitrogen and oxygen atoms in total. The number of carbonyl (C=O) groups is 1. The van der Waals surface area contributed by atoms with Crippen molar-refractivity contribution in [3.05, 3.63) is 34.9 Å². The molecule has 0 spiro atoms. The van der Waals surface area contributed by atoms with Crippen molar-refractivity contribution in [2.45, 2.75) is 39.0 Å². The Morgan fingerprint density at radius 3 is 2.78 bits per heavy atom. The van der Waals surface area contributed by atoms with Gasteiger partial charge < -0.3 is 10.1 Å². The average Bonchev–Trinajstić information content (AvgIpc) is 2.82. The molecule has 2 bridgehead atoms. The lowest BCUT2D eigenvalue weighted by Gasteiger charge is -2.32. The van der Waals surface area contributed by atoms with Crippen molar-refractivity contribution < 1.29 is 9.53 Å². The summed E-state index contributed by atoms with van der Waals surface area (Å²) in [7, 11) is 0. The second-order valence-corrected chi connectivity index (χ2v) is 7.53. The highest BCUT2D eigenvalue weighted by Gasteiger charge is 2.44. The molecule has 2 heterocycles. The fourth-order valence-electron chi connectivity index (χ4n) is 3.43. The summed E-state index contributed by atoms with van der Waals surface area (Å²) in [5, 5.41) is 3.82. The van der Waals surface area contributed by atoms with E-state index in [-0.39, 0.29) is 24.0 Å². The van der Waals surface area contributed by atoms with Gasteiger partial charge in [-0.05, 0) is 30.0 Å². The second-order valence-electron chi connectivity index (χ2n) is 7.10. The van der Waals surface area contributed by atoms with Crippen LogP contribution in [0.5, 0.6) is 0 Å². The molecule has 126 valence electrons. The van der Waals surface area contributed by atoms with Crippen molar-refractivity contribution in [3.63, 3.8) is 0 Å². The molecule has 0 radical (unpaired) electrons. The van der Waals surface area contributed by atoms with Crippen LogP contribution in [0.3, 0.4) is 0 Å². The van der Waals surface area contributed by atoms with Crippen molar-refractivity contribution in [1.82, 2.24) is 10.2 Å². The number of nitrogens with zero attached hydrogens (tertiary/aromatic N) is 1. The van der Waals surface area contributed by atoms with Gasteiger partial charge in [0.05, 0.1) is 18.1 Å². The van der Waals surface area contributed by atoms with Gasteiger partial charge in [-0.15, -0.1) is 0 Å². The highest BCUT2D eigenvalue weighted by atomic mass is 35.5. The molecule has 2 saturated heterocycles. The SMILES string of the molecule is CC(C)CNC(=O)[C@@H]1C[C@H]2CN(Cc3ccc(Cl)cc3)C[C@@H]1O2. The lowest BCUT2D eigenvalue weighted by atomic mass is 9.99. The molecule has 3 atom stereocenters. The quantitative estimate of drug-likeness (QED) is 0.899. The third kappa shape index (κ3) is 4.25. The van der Waals surface area contributed by atoms with Gasteiger partial charge in [-0.3, -0.25) is 9.69 Å². The number of hydrogen-bond donors (Lipinski definition) is 1. The molecule has 1 aromatic carbocycles. The molecule has 0 aromatic heterocycles. The number of nitrogens with one attached hydrogen (secondary N) is 1. The van der Waals surface area contributed by atoms with Gasteiger partial charge in [0.25, 0.3) is 0 Å². The van der Waals surface area contributed by atoms with Crippen LogP contribution in [0.15, 0.2) is 24.3 Å². The molecular weight excluding hydrogens is 312 g/mol. The molecule has 1 aromatic rings. The standard InChI is InChI=1S/C18H25ClN2O2/c1-12(2)8-20-18(22)16-7-15-10-21(11-17(16)23-15)9-13-3-5-14(19)6-4-13/h3-6,12,15-17H,7-11H2,1-2H3,(H,20,22)/t15-,16+,17-/m0/s1. The van der Waals surface area contributed by atoms with Crippen LogP contribution >= 0.6 is 11.6 Å². The van der Waals surface area contributed by atoms with Gasteiger partial charge in [-0.1, -0.05) is 37.6 Å². The monoisotopic (exact) mass is 336 g/mol. The van der Waals surface area contributed by atoms with Crippen LogP contribution in [0.25, 0.3) is 0 Å². The first-order valence-electron chi connectivity index (χ1n) is 8.41. The maximum Gasteiger partial charge on any atom is 0.225 e. The minimum Gasteiger partial charge on any atom is -0.371 e. The summed E-state index contributed by atoms with van der Waals surface area (Å²) in [5.74, 6) is 0.621. The van der Waals surface area contributed by atoms with Crippen LogP contribution in [0.4, 0.5) is 0 Å². The van der Waals surface area contributed by atoms with Crippen LogP contribution in [0.2, 0.25) is 5.02 Å². The largest absolute Gasteiger partial charge is 0.371 e. The van der Waals surface area contributed by atoms with E-state index in [9.17, 15) is 4.79 Å². The van der Waals surface area contributed by atoms with Gasteiger partial charge in [0.2, 0.25) is 5.91 Å². The molecule has 0 saturated carbocycles. The normalized spacial score (nSPS) is 27.4. The van der Waals surface area contributed by atoms with Gasteiger partial charge in [0.15, 0.2) is 0 Å². The number of ether oxygens (including phenoxy) is 1. The van der Waals surface area contributed by atoms with E-state index in [2.05, 4.69) is 36.2 Å². The highest BCUT2D eigenvalue weighted by molar-refractivity contribution is 6.30. The Balaban J connectivity index is 1.56. The number of rotatable bonds is 5. The van der Waals surface area contributed by atoms with Crippen molar-refractivity contribution in [1.29, 1.82) is 0 Å². The van der Waals surface area contributed by atoms with Crippen molar-refractivity contribution >= 4 is 17.5 Å². The summed E-state index contributed by atoms with van der Waals surface area (Å²) in [4.78, 5) is 14.8. The van der Waals surface area contributed by atoms with E-state index in [4.69, 9.17) is 16.3 Å². The molecule has 0 aliphatic carbocycles. The summed E-state index contributed by atoms with van der Waals surface area (Å²) in [6.45, 7) is 7.55. The number of benzene rings is 1. The molecule has 5 heteroatoms. The van der Waals surface area contributed by atoms with E-state index >= 15 is 0 Å². The van der Waals surface area contributed by atoms with Crippen LogP contribution in [-0.2, 0) is 16.1 Å². The fourth-order valence-corrected chi connectivity index (χ4v) is 3.55. The number of hydrogen-bond acceptors (Lipinski definition) is 3. The Kier molecular flexibility index (Phi) is 5.24. The number of carbonyl (C=O) groups excluding carboxylic acids is 1. The lowest BCUT2D eigenvalue weighted by molar-refractivity contribution is -0.128. The number of fused-ring (bicyclic) bond motifs is 2. The minimum absolute atomic E-state index is 0.00559. The Hall–Kier alpha value is -1.10. The first-order chi connectivity index (χ1) is 11.0. The fraction of sp³-hybridized carbons (Fsp3) is 0.611.